The summed E-state index contributed by atoms with van der Waals surface area (Å²) in [5, 5.41) is 4.02. The van der Waals surface area contributed by atoms with Crippen LogP contribution in [0.3, 0.4) is 0 Å². The quantitative estimate of drug-likeness (QED) is 0.899. The summed E-state index contributed by atoms with van der Waals surface area (Å²) in [5.74, 6) is -0.0444. The molecular formula is C16H20N2O2. The Hall–Kier alpha value is -1.81. The van der Waals surface area contributed by atoms with E-state index in [1.54, 1.807) is 0 Å². The third-order valence-corrected chi connectivity index (χ3v) is 3.80. The normalized spacial score (nSPS) is 19.1. The molecule has 1 aliphatic heterocycles. The van der Waals surface area contributed by atoms with Crippen molar-refractivity contribution < 1.29 is 9.53 Å². The summed E-state index contributed by atoms with van der Waals surface area (Å²) in [5.41, 5.74) is 1.61. The number of para-hydroxylation sites is 1. The molecule has 2 heterocycles. The van der Waals surface area contributed by atoms with Crippen molar-refractivity contribution in [3.05, 3.63) is 36.0 Å². The standard InChI is InChI=1S/C16H20N2O2/c19-16(17-9-8-13-6-3-4-10-20-13)15-11-12-5-1-2-7-14(12)18-15/h1-2,5,7,11,13,18H,3-4,6,8-10H2,(H,17,19). The van der Waals surface area contributed by atoms with Crippen LogP contribution in [-0.2, 0) is 4.74 Å². The minimum atomic E-state index is -0.0444. The van der Waals surface area contributed by atoms with Crippen LogP contribution in [0.15, 0.2) is 30.3 Å². The summed E-state index contributed by atoms with van der Waals surface area (Å²) >= 11 is 0. The van der Waals surface area contributed by atoms with Gasteiger partial charge in [-0.05, 0) is 37.8 Å². The summed E-state index contributed by atoms with van der Waals surface area (Å²) in [7, 11) is 0. The van der Waals surface area contributed by atoms with Crippen molar-refractivity contribution in [2.75, 3.05) is 13.2 Å². The summed E-state index contributed by atoms with van der Waals surface area (Å²) < 4.78 is 5.65. The Morgan fingerprint density at radius 3 is 3.05 bits per heavy atom. The van der Waals surface area contributed by atoms with Crippen LogP contribution >= 0.6 is 0 Å². The van der Waals surface area contributed by atoms with Crippen LogP contribution < -0.4 is 5.32 Å². The SMILES string of the molecule is O=C(NCCC1CCCCO1)c1cc2ccccc2[nH]1. The van der Waals surface area contributed by atoms with E-state index in [1.165, 1.54) is 6.42 Å². The molecule has 4 nitrogen and oxygen atoms in total. The van der Waals surface area contributed by atoms with Crippen molar-refractivity contribution in [3.8, 4) is 0 Å². The van der Waals surface area contributed by atoms with Crippen molar-refractivity contribution in [2.45, 2.75) is 31.8 Å². The molecule has 3 rings (SSSR count). The third-order valence-electron chi connectivity index (χ3n) is 3.80. The topological polar surface area (TPSA) is 54.1 Å². The Kier molecular flexibility index (Phi) is 4.02. The number of H-pyrrole nitrogens is 1. The van der Waals surface area contributed by atoms with Gasteiger partial charge in [-0.3, -0.25) is 4.79 Å². The van der Waals surface area contributed by atoms with Crippen molar-refractivity contribution in [2.24, 2.45) is 0 Å². The number of carbonyl (C=O) groups excluding carboxylic acids is 1. The summed E-state index contributed by atoms with van der Waals surface area (Å²) in [4.78, 5) is 15.2. The van der Waals surface area contributed by atoms with Crippen LogP contribution in [-0.4, -0.2) is 30.1 Å². The molecule has 1 fully saturated rings. The van der Waals surface area contributed by atoms with E-state index in [9.17, 15) is 4.79 Å². The molecule has 0 bridgehead atoms. The number of hydrogen-bond donors (Lipinski definition) is 2. The number of nitrogens with one attached hydrogen (secondary N) is 2. The van der Waals surface area contributed by atoms with Gasteiger partial charge >= 0.3 is 0 Å². The fraction of sp³-hybridized carbons (Fsp3) is 0.438. The van der Waals surface area contributed by atoms with E-state index in [-0.39, 0.29) is 5.91 Å². The lowest BCUT2D eigenvalue weighted by atomic mass is 10.1. The summed E-state index contributed by atoms with van der Waals surface area (Å²) in [6.45, 7) is 1.53. The number of rotatable bonds is 4. The van der Waals surface area contributed by atoms with Gasteiger partial charge in [0.05, 0.1) is 6.10 Å². The van der Waals surface area contributed by atoms with Gasteiger partial charge in [-0.1, -0.05) is 18.2 Å². The third kappa shape index (κ3) is 3.02. The van der Waals surface area contributed by atoms with E-state index < -0.39 is 0 Å². The minimum Gasteiger partial charge on any atom is -0.378 e. The molecular weight excluding hydrogens is 252 g/mol. The number of ether oxygens (including phenoxy) is 1. The zero-order valence-corrected chi connectivity index (χ0v) is 11.5. The maximum atomic E-state index is 12.1. The Balaban J connectivity index is 1.53. The Morgan fingerprint density at radius 1 is 1.35 bits per heavy atom. The van der Waals surface area contributed by atoms with Crippen LogP contribution in [0.2, 0.25) is 0 Å². The van der Waals surface area contributed by atoms with Gasteiger partial charge in [0.25, 0.3) is 5.91 Å². The number of aromatic amines is 1. The highest BCUT2D eigenvalue weighted by Crippen LogP contribution is 2.16. The van der Waals surface area contributed by atoms with Gasteiger partial charge in [-0.15, -0.1) is 0 Å². The van der Waals surface area contributed by atoms with Gasteiger partial charge in [-0.2, -0.15) is 0 Å². The molecule has 1 unspecified atom stereocenters. The molecule has 0 aliphatic carbocycles. The first-order valence-electron chi connectivity index (χ1n) is 7.30. The molecule has 0 radical (unpaired) electrons. The van der Waals surface area contributed by atoms with Crippen LogP contribution in [0.5, 0.6) is 0 Å². The van der Waals surface area contributed by atoms with Crippen LogP contribution in [0.4, 0.5) is 0 Å². The van der Waals surface area contributed by atoms with Crippen LogP contribution in [0.25, 0.3) is 10.9 Å². The summed E-state index contributed by atoms with van der Waals surface area (Å²) in [6.07, 6.45) is 4.72. The lowest BCUT2D eigenvalue weighted by molar-refractivity contribution is 0.0117. The predicted octanol–water partition coefficient (Wildman–Crippen LogP) is 2.86. The highest BCUT2D eigenvalue weighted by atomic mass is 16.5. The van der Waals surface area contributed by atoms with Crippen molar-refractivity contribution >= 4 is 16.8 Å². The average molecular weight is 272 g/mol. The Morgan fingerprint density at radius 2 is 2.25 bits per heavy atom. The number of fused-ring (bicyclic) bond motifs is 1. The molecule has 1 atom stereocenters. The van der Waals surface area contributed by atoms with Crippen molar-refractivity contribution in [1.29, 1.82) is 0 Å². The first-order valence-corrected chi connectivity index (χ1v) is 7.30. The van der Waals surface area contributed by atoms with Gasteiger partial charge in [0, 0.05) is 24.1 Å². The van der Waals surface area contributed by atoms with E-state index in [4.69, 9.17) is 4.74 Å². The fourth-order valence-corrected chi connectivity index (χ4v) is 2.67. The number of benzene rings is 1. The molecule has 1 saturated heterocycles. The zero-order chi connectivity index (χ0) is 13.8. The second kappa shape index (κ2) is 6.09. The van der Waals surface area contributed by atoms with Gasteiger partial charge in [-0.25, -0.2) is 0 Å². The smallest absolute Gasteiger partial charge is 0.267 e. The van der Waals surface area contributed by atoms with E-state index in [0.717, 1.165) is 36.8 Å². The van der Waals surface area contributed by atoms with Gasteiger partial charge in [0.2, 0.25) is 0 Å². The van der Waals surface area contributed by atoms with Crippen LogP contribution in [0, 0.1) is 0 Å². The number of amides is 1. The molecule has 20 heavy (non-hydrogen) atoms. The highest BCUT2D eigenvalue weighted by Gasteiger charge is 2.14. The number of carbonyl (C=O) groups is 1. The van der Waals surface area contributed by atoms with Crippen molar-refractivity contribution in [1.82, 2.24) is 10.3 Å². The average Bonchev–Trinajstić information content (AvgIpc) is 2.92. The molecule has 4 heteroatoms. The molecule has 0 spiro atoms. The molecule has 1 amide bonds. The first-order chi connectivity index (χ1) is 9.83. The van der Waals surface area contributed by atoms with Gasteiger partial charge in [0.1, 0.15) is 5.69 Å². The Bertz CT molecular complexity index is 552. The molecule has 2 aromatic rings. The second-order valence-electron chi connectivity index (χ2n) is 5.30. The van der Waals surface area contributed by atoms with E-state index in [1.807, 2.05) is 30.3 Å². The van der Waals surface area contributed by atoms with E-state index in [0.29, 0.717) is 18.3 Å². The van der Waals surface area contributed by atoms with Gasteiger partial charge < -0.3 is 15.0 Å². The lowest BCUT2D eigenvalue weighted by Gasteiger charge is -2.22. The van der Waals surface area contributed by atoms with E-state index >= 15 is 0 Å². The number of aromatic nitrogens is 1. The Labute approximate surface area is 118 Å². The van der Waals surface area contributed by atoms with Gasteiger partial charge in [0.15, 0.2) is 0 Å². The number of hydrogen-bond acceptors (Lipinski definition) is 2. The fourth-order valence-electron chi connectivity index (χ4n) is 2.67. The molecule has 106 valence electrons. The highest BCUT2D eigenvalue weighted by molar-refractivity contribution is 5.97. The molecule has 1 aromatic heterocycles. The maximum Gasteiger partial charge on any atom is 0.267 e. The second-order valence-corrected chi connectivity index (χ2v) is 5.30. The molecule has 1 aromatic carbocycles. The van der Waals surface area contributed by atoms with Crippen LogP contribution in [0.1, 0.15) is 36.2 Å². The zero-order valence-electron chi connectivity index (χ0n) is 11.5. The minimum absolute atomic E-state index is 0.0444. The lowest BCUT2D eigenvalue weighted by Crippen LogP contribution is -2.29. The summed E-state index contributed by atoms with van der Waals surface area (Å²) in [6, 6.07) is 9.79. The largest absolute Gasteiger partial charge is 0.378 e. The monoisotopic (exact) mass is 272 g/mol. The van der Waals surface area contributed by atoms with E-state index in [2.05, 4.69) is 10.3 Å². The first kappa shape index (κ1) is 13.2. The molecule has 1 aliphatic rings. The molecule has 2 N–H and O–H groups in total. The molecule has 0 saturated carbocycles. The predicted molar refractivity (Wildman–Crippen MR) is 78.8 cm³/mol. The van der Waals surface area contributed by atoms with Crippen molar-refractivity contribution in [3.63, 3.8) is 0 Å². The maximum absolute atomic E-state index is 12.1.